The first-order valence-electron chi connectivity index (χ1n) is 5.67. The van der Waals surface area contributed by atoms with Crippen LogP contribution in [0.3, 0.4) is 0 Å². The molecule has 1 aliphatic rings. The minimum absolute atomic E-state index is 0.0212. The normalized spacial score (nSPS) is 16.8. The summed E-state index contributed by atoms with van der Waals surface area (Å²) >= 11 is 0. The van der Waals surface area contributed by atoms with Gasteiger partial charge in [-0.3, -0.25) is 9.59 Å². The van der Waals surface area contributed by atoms with Crippen LogP contribution in [0.4, 0.5) is 4.39 Å². The van der Waals surface area contributed by atoms with Gasteiger partial charge in [-0.25, -0.2) is 4.39 Å². The molecule has 1 atom stereocenters. The van der Waals surface area contributed by atoms with E-state index in [9.17, 15) is 19.1 Å². The van der Waals surface area contributed by atoms with E-state index in [2.05, 4.69) is 4.74 Å². The monoisotopic (exact) mass is 263 g/mol. The maximum Gasteiger partial charge on any atom is 0.315 e. The van der Waals surface area contributed by atoms with Crippen molar-refractivity contribution in [3.63, 3.8) is 0 Å². The molecule has 1 aliphatic heterocycles. The van der Waals surface area contributed by atoms with E-state index in [1.165, 1.54) is 29.9 Å². The zero-order chi connectivity index (χ0) is 13.7. The second kappa shape index (κ2) is 3.81. The van der Waals surface area contributed by atoms with Crippen LogP contribution in [0.25, 0.3) is 10.9 Å². The lowest BCUT2D eigenvalue weighted by Gasteiger charge is -2.08. The first kappa shape index (κ1) is 11.7. The van der Waals surface area contributed by atoms with Gasteiger partial charge in [-0.2, -0.15) is 0 Å². The Kier molecular flexibility index (Phi) is 2.35. The highest BCUT2D eigenvalue weighted by Gasteiger charge is 2.34. The van der Waals surface area contributed by atoms with Gasteiger partial charge in [0.05, 0.1) is 12.6 Å². The van der Waals surface area contributed by atoms with E-state index in [0.29, 0.717) is 10.9 Å². The smallest absolute Gasteiger partial charge is 0.315 e. The summed E-state index contributed by atoms with van der Waals surface area (Å²) in [7, 11) is 1.21. The molecule has 0 radical (unpaired) electrons. The number of pyridine rings is 1. The molecule has 2 heterocycles. The summed E-state index contributed by atoms with van der Waals surface area (Å²) in [6.45, 7) is -0.0212. The van der Waals surface area contributed by atoms with E-state index in [1.54, 1.807) is 0 Å². The number of carbonyl (C=O) groups is 1. The summed E-state index contributed by atoms with van der Waals surface area (Å²) in [6.07, 6.45) is 0. The third-order valence-corrected chi connectivity index (χ3v) is 3.42. The second-order valence-corrected chi connectivity index (χ2v) is 4.42. The van der Waals surface area contributed by atoms with Crippen molar-refractivity contribution in [3.8, 4) is 5.75 Å². The van der Waals surface area contributed by atoms with E-state index in [-0.39, 0.29) is 12.1 Å². The lowest BCUT2D eigenvalue weighted by atomic mass is 9.99. The molecule has 5 nitrogen and oxygen atoms in total. The average Bonchev–Trinajstić information content (AvgIpc) is 2.80. The number of benzene rings is 1. The third kappa shape index (κ3) is 1.46. The van der Waals surface area contributed by atoms with Crippen LogP contribution in [0.5, 0.6) is 5.75 Å². The Bertz CT molecular complexity index is 765. The molecule has 0 saturated heterocycles. The van der Waals surface area contributed by atoms with Crippen LogP contribution in [0.2, 0.25) is 0 Å². The van der Waals surface area contributed by atoms with Gasteiger partial charge in [0, 0.05) is 17.5 Å². The SMILES string of the molecule is COC(=O)C1Cn2c(=O)c(O)cc3ccc(F)c1c32. The number of hydrogen-bond acceptors (Lipinski definition) is 4. The fourth-order valence-corrected chi connectivity index (χ4v) is 2.58. The number of aromatic nitrogens is 1. The summed E-state index contributed by atoms with van der Waals surface area (Å²) in [6, 6.07) is 3.95. The molecule has 1 aromatic heterocycles. The van der Waals surface area contributed by atoms with Gasteiger partial charge in [0.25, 0.3) is 5.56 Å². The zero-order valence-corrected chi connectivity index (χ0v) is 10.0. The number of esters is 1. The lowest BCUT2D eigenvalue weighted by molar-refractivity contribution is -0.142. The molecule has 19 heavy (non-hydrogen) atoms. The van der Waals surface area contributed by atoms with Gasteiger partial charge < -0.3 is 14.4 Å². The number of hydrogen-bond donors (Lipinski definition) is 1. The quantitative estimate of drug-likeness (QED) is 0.783. The summed E-state index contributed by atoms with van der Waals surface area (Å²) < 4.78 is 19.8. The molecule has 0 spiro atoms. The Morgan fingerprint density at radius 2 is 2.26 bits per heavy atom. The number of methoxy groups -OCH3 is 1. The Labute approximate surface area is 106 Å². The number of halogens is 1. The molecule has 0 amide bonds. The van der Waals surface area contributed by atoms with Gasteiger partial charge in [-0.05, 0) is 18.2 Å². The zero-order valence-electron chi connectivity index (χ0n) is 10.0. The van der Waals surface area contributed by atoms with E-state index < -0.39 is 29.0 Å². The van der Waals surface area contributed by atoms with Crippen LogP contribution >= 0.6 is 0 Å². The summed E-state index contributed by atoms with van der Waals surface area (Å²) in [5, 5.41) is 10.1. The standard InChI is InChI=1S/C13H10FNO4/c1-19-13(18)7-5-15-11-6(4-9(16)12(15)17)2-3-8(14)10(7)11/h2-4,7,16H,5H2,1H3. The molecule has 1 unspecified atom stereocenters. The van der Waals surface area contributed by atoms with E-state index in [4.69, 9.17) is 0 Å². The molecule has 0 aliphatic carbocycles. The Hall–Kier alpha value is -2.37. The van der Waals surface area contributed by atoms with Crippen LogP contribution < -0.4 is 5.56 Å². The average molecular weight is 263 g/mol. The lowest BCUT2D eigenvalue weighted by Crippen LogP contribution is -2.21. The Morgan fingerprint density at radius 3 is 2.95 bits per heavy atom. The van der Waals surface area contributed by atoms with Gasteiger partial charge >= 0.3 is 5.97 Å². The van der Waals surface area contributed by atoms with Crippen LogP contribution in [-0.4, -0.2) is 22.8 Å². The minimum atomic E-state index is -0.858. The molecular weight excluding hydrogens is 253 g/mol. The minimum Gasteiger partial charge on any atom is -0.503 e. The molecule has 2 aromatic rings. The first-order valence-corrected chi connectivity index (χ1v) is 5.67. The number of aromatic hydroxyl groups is 1. The molecule has 0 saturated carbocycles. The highest BCUT2D eigenvalue weighted by Crippen LogP contribution is 2.36. The molecule has 1 N–H and O–H groups in total. The van der Waals surface area contributed by atoms with Crippen molar-refractivity contribution in [2.24, 2.45) is 0 Å². The van der Waals surface area contributed by atoms with E-state index in [0.717, 1.165) is 0 Å². The molecule has 98 valence electrons. The summed E-state index contributed by atoms with van der Waals surface area (Å²) in [4.78, 5) is 23.6. The van der Waals surface area contributed by atoms with Gasteiger partial charge in [-0.15, -0.1) is 0 Å². The third-order valence-electron chi connectivity index (χ3n) is 3.42. The van der Waals surface area contributed by atoms with Gasteiger partial charge in [0.15, 0.2) is 5.75 Å². The number of ether oxygens (including phenoxy) is 1. The van der Waals surface area contributed by atoms with Crippen molar-refractivity contribution in [1.82, 2.24) is 4.57 Å². The van der Waals surface area contributed by atoms with Crippen molar-refractivity contribution in [2.45, 2.75) is 12.5 Å². The topological polar surface area (TPSA) is 68.5 Å². The largest absolute Gasteiger partial charge is 0.503 e. The van der Waals surface area contributed by atoms with Gasteiger partial charge in [0.2, 0.25) is 0 Å². The van der Waals surface area contributed by atoms with Gasteiger partial charge in [-0.1, -0.05) is 0 Å². The second-order valence-electron chi connectivity index (χ2n) is 4.42. The predicted octanol–water partition coefficient (Wildman–Crippen LogP) is 1.12. The number of carbonyl (C=O) groups excluding carboxylic acids is 1. The predicted molar refractivity (Wildman–Crippen MR) is 64.6 cm³/mol. The van der Waals surface area contributed by atoms with Crippen molar-refractivity contribution in [2.75, 3.05) is 7.11 Å². The first-order chi connectivity index (χ1) is 9.04. The number of rotatable bonds is 1. The van der Waals surface area contributed by atoms with Crippen LogP contribution in [0.1, 0.15) is 11.5 Å². The van der Waals surface area contributed by atoms with E-state index >= 15 is 0 Å². The maximum atomic E-state index is 13.9. The molecule has 1 aromatic carbocycles. The molecule has 0 bridgehead atoms. The highest BCUT2D eigenvalue weighted by atomic mass is 19.1. The Balaban J connectivity index is 2.41. The molecule has 6 heteroatoms. The summed E-state index contributed by atoms with van der Waals surface area (Å²) in [5.74, 6) is -2.44. The molecular formula is C13H10FNO4. The van der Waals surface area contributed by atoms with Crippen molar-refractivity contribution >= 4 is 16.9 Å². The van der Waals surface area contributed by atoms with Crippen LogP contribution in [0, 0.1) is 5.82 Å². The van der Waals surface area contributed by atoms with Crippen molar-refractivity contribution < 1.29 is 19.0 Å². The van der Waals surface area contributed by atoms with E-state index in [1.807, 2.05) is 0 Å². The fourth-order valence-electron chi connectivity index (χ4n) is 2.58. The maximum absolute atomic E-state index is 13.9. The summed E-state index contributed by atoms with van der Waals surface area (Å²) in [5.41, 5.74) is -0.134. The fraction of sp³-hybridized carbons (Fsp3) is 0.231. The number of nitrogens with zero attached hydrogens (tertiary/aromatic N) is 1. The van der Waals surface area contributed by atoms with Gasteiger partial charge in [0.1, 0.15) is 11.7 Å². The van der Waals surface area contributed by atoms with Crippen LogP contribution in [0.15, 0.2) is 23.0 Å². The highest BCUT2D eigenvalue weighted by molar-refractivity contribution is 5.92. The van der Waals surface area contributed by atoms with Crippen molar-refractivity contribution in [3.05, 3.63) is 39.9 Å². The molecule has 3 rings (SSSR count). The molecule has 0 fully saturated rings. The van der Waals surface area contributed by atoms with Crippen LogP contribution in [-0.2, 0) is 16.1 Å². The Morgan fingerprint density at radius 1 is 1.53 bits per heavy atom. The van der Waals surface area contributed by atoms with Crippen molar-refractivity contribution in [1.29, 1.82) is 0 Å².